The van der Waals surface area contributed by atoms with Gasteiger partial charge in [0.05, 0.1) is 5.60 Å². The molecule has 0 saturated heterocycles. The molecule has 1 aromatic rings. The van der Waals surface area contributed by atoms with Crippen LogP contribution in [0.2, 0.25) is 0 Å². The number of benzene rings is 1. The normalized spacial score (nSPS) is 15.4. The zero-order valence-corrected chi connectivity index (χ0v) is 11.8. The van der Waals surface area contributed by atoms with Gasteiger partial charge in [0.25, 0.3) is 0 Å². The Hall–Kier alpha value is -0.930. The van der Waals surface area contributed by atoms with Gasteiger partial charge in [-0.25, -0.2) is 4.39 Å². The molecule has 1 atom stereocenters. The monoisotopic (exact) mass is 253 g/mol. The summed E-state index contributed by atoms with van der Waals surface area (Å²) in [4.78, 5) is 0. The maximum absolute atomic E-state index is 13.5. The van der Waals surface area contributed by atoms with Crippen LogP contribution in [0.15, 0.2) is 24.3 Å². The predicted molar refractivity (Wildman–Crippen MR) is 73.1 cm³/mol. The molecule has 0 heterocycles. The molecule has 1 unspecified atom stereocenters. The lowest BCUT2D eigenvalue weighted by molar-refractivity contribution is 0.0491. The van der Waals surface area contributed by atoms with Crippen LogP contribution in [-0.4, -0.2) is 22.8 Å². The van der Waals surface area contributed by atoms with Crippen LogP contribution in [0, 0.1) is 5.82 Å². The van der Waals surface area contributed by atoms with Crippen molar-refractivity contribution < 1.29 is 9.50 Å². The summed E-state index contributed by atoms with van der Waals surface area (Å²) < 4.78 is 13.5. The Morgan fingerprint density at radius 2 is 1.78 bits per heavy atom. The zero-order valence-electron chi connectivity index (χ0n) is 11.8. The highest BCUT2D eigenvalue weighted by molar-refractivity contribution is 5.19. The van der Waals surface area contributed by atoms with E-state index in [1.165, 1.54) is 6.07 Å². The molecule has 3 heteroatoms. The third-order valence-corrected chi connectivity index (χ3v) is 2.85. The zero-order chi connectivity index (χ0) is 13.8. The van der Waals surface area contributed by atoms with Gasteiger partial charge in [0.2, 0.25) is 0 Å². The number of rotatable bonds is 5. The van der Waals surface area contributed by atoms with Crippen LogP contribution in [0.25, 0.3) is 0 Å². The maximum Gasteiger partial charge on any atom is 0.126 e. The Morgan fingerprint density at radius 1 is 1.17 bits per heavy atom. The van der Waals surface area contributed by atoms with E-state index >= 15 is 0 Å². The number of hydrogen-bond donors (Lipinski definition) is 2. The summed E-state index contributed by atoms with van der Waals surface area (Å²) in [5.74, 6) is -0.249. The molecule has 18 heavy (non-hydrogen) atoms. The molecule has 0 radical (unpaired) electrons. The van der Waals surface area contributed by atoms with Gasteiger partial charge < -0.3 is 10.4 Å². The minimum Gasteiger partial charge on any atom is -0.390 e. The summed E-state index contributed by atoms with van der Waals surface area (Å²) in [6, 6.07) is 6.61. The summed E-state index contributed by atoms with van der Waals surface area (Å²) >= 11 is 0. The van der Waals surface area contributed by atoms with Crippen molar-refractivity contribution in [2.24, 2.45) is 0 Å². The molecular weight excluding hydrogens is 229 g/mol. The number of aliphatic hydroxyl groups is 1. The molecule has 0 aliphatic heterocycles. The SMILES string of the molecule is CC(O)(CCNC(C)(C)C)Cc1ccccc1F. The van der Waals surface area contributed by atoms with Crippen molar-refractivity contribution in [1.82, 2.24) is 5.32 Å². The van der Waals surface area contributed by atoms with Crippen LogP contribution in [0.4, 0.5) is 4.39 Å². The molecule has 1 aromatic carbocycles. The van der Waals surface area contributed by atoms with Gasteiger partial charge in [-0.15, -0.1) is 0 Å². The van der Waals surface area contributed by atoms with E-state index in [2.05, 4.69) is 26.1 Å². The van der Waals surface area contributed by atoms with E-state index in [1.807, 2.05) is 0 Å². The third-order valence-electron chi connectivity index (χ3n) is 2.85. The molecule has 2 nitrogen and oxygen atoms in total. The van der Waals surface area contributed by atoms with E-state index in [4.69, 9.17) is 0 Å². The second kappa shape index (κ2) is 5.81. The first-order valence-electron chi connectivity index (χ1n) is 6.40. The highest BCUT2D eigenvalue weighted by atomic mass is 19.1. The van der Waals surface area contributed by atoms with E-state index in [1.54, 1.807) is 25.1 Å². The molecule has 2 N–H and O–H groups in total. The van der Waals surface area contributed by atoms with Crippen molar-refractivity contribution in [3.63, 3.8) is 0 Å². The molecule has 0 amide bonds. The van der Waals surface area contributed by atoms with Crippen LogP contribution in [0.3, 0.4) is 0 Å². The molecule has 0 fully saturated rings. The van der Waals surface area contributed by atoms with Gasteiger partial charge in [-0.3, -0.25) is 0 Å². The van der Waals surface area contributed by atoms with E-state index in [0.29, 0.717) is 24.9 Å². The van der Waals surface area contributed by atoms with Gasteiger partial charge in [0.15, 0.2) is 0 Å². The molecular formula is C15H24FNO. The fourth-order valence-corrected chi connectivity index (χ4v) is 1.85. The fraction of sp³-hybridized carbons (Fsp3) is 0.600. The van der Waals surface area contributed by atoms with E-state index in [9.17, 15) is 9.50 Å². The summed E-state index contributed by atoms with van der Waals surface area (Å²) in [6.45, 7) is 8.71. The van der Waals surface area contributed by atoms with Crippen molar-refractivity contribution in [3.05, 3.63) is 35.6 Å². The molecule has 1 rings (SSSR count). The van der Waals surface area contributed by atoms with Crippen molar-refractivity contribution in [2.45, 2.75) is 51.7 Å². The molecule has 0 aliphatic carbocycles. The lowest BCUT2D eigenvalue weighted by Gasteiger charge is -2.27. The Morgan fingerprint density at radius 3 is 2.33 bits per heavy atom. The van der Waals surface area contributed by atoms with Crippen molar-refractivity contribution in [1.29, 1.82) is 0 Å². The van der Waals surface area contributed by atoms with E-state index in [-0.39, 0.29) is 11.4 Å². The van der Waals surface area contributed by atoms with Crippen molar-refractivity contribution in [2.75, 3.05) is 6.54 Å². The van der Waals surface area contributed by atoms with Crippen LogP contribution < -0.4 is 5.32 Å². The number of nitrogens with one attached hydrogen (secondary N) is 1. The van der Waals surface area contributed by atoms with Gasteiger partial charge in [0.1, 0.15) is 5.82 Å². The lowest BCUT2D eigenvalue weighted by Crippen LogP contribution is -2.40. The smallest absolute Gasteiger partial charge is 0.126 e. The van der Waals surface area contributed by atoms with Gasteiger partial charge in [-0.1, -0.05) is 18.2 Å². The first kappa shape index (κ1) is 15.1. The predicted octanol–water partition coefficient (Wildman–Crippen LogP) is 2.90. The molecule has 0 aliphatic rings. The topological polar surface area (TPSA) is 32.3 Å². The minimum absolute atomic E-state index is 0.0358. The average molecular weight is 253 g/mol. The van der Waals surface area contributed by atoms with Crippen LogP contribution >= 0.6 is 0 Å². The Labute approximate surface area is 109 Å². The van der Waals surface area contributed by atoms with Crippen LogP contribution in [-0.2, 0) is 6.42 Å². The summed E-state index contributed by atoms with van der Waals surface area (Å²) in [7, 11) is 0. The molecule has 102 valence electrons. The standard InChI is InChI=1S/C15H24FNO/c1-14(2,3)17-10-9-15(4,18)11-12-7-5-6-8-13(12)16/h5-8,17-18H,9-11H2,1-4H3. The Bertz CT molecular complexity index is 382. The van der Waals surface area contributed by atoms with Gasteiger partial charge in [-0.05, 0) is 52.3 Å². The van der Waals surface area contributed by atoms with Gasteiger partial charge >= 0.3 is 0 Å². The second-order valence-corrected chi connectivity index (χ2v) is 6.19. The highest BCUT2D eigenvalue weighted by Crippen LogP contribution is 2.19. The summed E-state index contributed by atoms with van der Waals surface area (Å²) in [5.41, 5.74) is -0.285. The number of hydrogen-bond acceptors (Lipinski definition) is 2. The molecule has 0 spiro atoms. The van der Waals surface area contributed by atoms with Crippen LogP contribution in [0.5, 0.6) is 0 Å². The second-order valence-electron chi connectivity index (χ2n) is 6.19. The minimum atomic E-state index is -0.888. The third kappa shape index (κ3) is 5.61. The number of halogens is 1. The van der Waals surface area contributed by atoms with E-state index in [0.717, 1.165) is 0 Å². The molecule has 0 bridgehead atoms. The average Bonchev–Trinajstić information content (AvgIpc) is 2.18. The largest absolute Gasteiger partial charge is 0.390 e. The van der Waals surface area contributed by atoms with Crippen LogP contribution in [0.1, 0.15) is 39.7 Å². The first-order valence-corrected chi connectivity index (χ1v) is 6.40. The van der Waals surface area contributed by atoms with Gasteiger partial charge in [-0.2, -0.15) is 0 Å². The fourth-order valence-electron chi connectivity index (χ4n) is 1.85. The quantitative estimate of drug-likeness (QED) is 0.845. The molecule has 0 aromatic heterocycles. The highest BCUT2D eigenvalue weighted by Gasteiger charge is 2.23. The summed E-state index contributed by atoms with van der Waals surface area (Å²) in [5, 5.41) is 13.6. The Kier molecular flexibility index (Phi) is 4.88. The van der Waals surface area contributed by atoms with Crippen molar-refractivity contribution in [3.8, 4) is 0 Å². The molecule has 0 saturated carbocycles. The summed E-state index contributed by atoms with van der Waals surface area (Å²) in [6.07, 6.45) is 0.935. The van der Waals surface area contributed by atoms with Gasteiger partial charge in [0, 0.05) is 12.0 Å². The van der Waals surface area contributed by atoms with E-state index < -0.39 is 5.60 Å². The lowest BCUT2D eigenvalue weighted by atomic mass is 9.92. The first-order chi connectivity index (χ1) is 8.20. The van der Waals surface area contributed by atoms with Crippen molar-refractivity contribution >= 4 is 0 Å². The maximum atomic E-state index is 13.5. The Balaban J connectivity index is 2.52.